The second-order valence-electron chi connectivity index (χ2n) is 5.78. The zero-order valence-electron chi connectivity index (χ0n) is 14.2. The highest BCUT2D eigenvalue weighted by Gasteiger charge is 2.16. The summed E-state index contributed by atoms with van der Waals surface area (Å²) in [4.78, 5) is 12.3. The highest BCUT2D eigenvalue weighted by molar-refractivity contribution is 7.92. The van der Waals surface area contributed by atoms with E-state index in [0.717, 1.165) is 12.5 Å². The third-order valence-corrected chi connectivity index (χ3v) is 5.55. The minimum atomic E-state index is -3.58. The van der Waals surface area contributed by atoms with Crippen molar-refractivity contribution in [1.82, 2.24) is 0 Å². The fourth-order valence-corrected chi connectivity index (χ4v) is 4.06. The van der Waals surface area contributed by atoms with Gasteiger partial charge in [-0.3, -0.25) is 9.52 Å². The number of carbonyl (C=O) groups is 1. The van der Waals surface area contributed by atoms with Crippen molar-refractivity contribution in [2.45, 2.75) is 11.8 Å². The van der Waals surface area contributed by atoms with Gasteiger partial charge in [-0.2, -0.15) is 0 Å². The molecule has 0 radical (unpaired) electrons. The van der Waals surface area contributed by atoms with E-state index in [1.54, 1.807) is 19.1 Å². The fraction of sp³-hybridized carbons (Fsp3) is 0.188. The van der Waals surface area contributed by atoms with Crippen molar-refractivity contribution in [2.75, 3.05) is 22.6 Å². The van der Waals surface area contributed by atoms with Crippen molar-refractivity contribution in [3.05, 3.63) is 52.5 Å². The summed E-state index contributed by atoms with van der Waals surface area (Å²) in [6.07, 6.45) is 2.02. The summed E-state index contributed by atoms with van der Waals surface area (Å²) < 4.78 is 48.6. The van der Waals surface area contributed by atoms with Crippen LogP contribution in [0.2, 0.25) is 5.02 Å². The van der Waals surface area contributed by atoms with Gasteiger partial charge in [0.1, 0.15) is 0 Å². The van der Waals surface area contributed by atoms with Gasteiger partial charge in [0.25, 0.3) is 5.91 Å². The zero-order valence-corrected chi connectivity index (χ0v) is 16.6. The maximum absolute atomic E-state index is 12.4. The second kappa shape index (κ2) is 7.26. The number of hydrogen-bond donors (Lipinski definition) is 2. The molecule has 0 aliphatic heterocycles. The highest BCUT2D eigenvalue weighted by Crippen LogP contribution is 2.24. The van der Waals surface area contributed by atoms with Gasteiger partial charge in [-0.25, -0.2) is 16.8 Å². The summed E-state index contributed by atoms with van der Waals surface area (Å²) in [5.74, 6) is -0.555. The number of sulfone groups is 1. The van der Waals surface area contributed by atoms with Crippen LogP contribution in [0.3, 0.4) is 0 Å². The van der Waals surface area contributed by atoms with E-state index < -0.39 is 25.8 Å². The first-order valence-corrected chi connectivity index (χ1v) is 11.4. The van der Waals surface area contributed by atoms with Crippen LogP contribution in [0.15, 0.2) is 41.3 Å². The molecule has 0 unspecified atom stereocenters. The van der Waals surface area contributed by atoms with Gasteiger partial charge in [-0.1, -0.05) is 17.7 Å². The number of halogens is 1. The van der Waals surface area contributed by atoms with Crippen LogP contribution < -0.4 is 10.0 Å². The van der Waals surface area contributed by atoms with Crippen LogP contribution in [0.1, 0.15) is 15.9 Å². The molecule has 0 aromatic heterocycles. The Balaban J connectivity index is 2.32. The number of nitrogens with one attached hydrogen (secondary N) is 2. The summed E-state index contributed by atoms with van der Waals surface area (Å²) in [7, 11) is -7.05. The average Bonchev–Trinajstić information content (AvgIpc) is 2.48. The number of amides is 1. The van der Waals surface area contributed by atoms with Crippen molar-refractivity contribution in [3.63, 3.8) is 0 Å². The average molecular weight is 417 g/mol. The number of aryl methyl sites for hydroxylation is 1. The van der Waals surface area contributed by atoms with Crippen LogP contribution in [0.5, 0.6) is 0 Å². The molecular weight excluding hydrogens is 400 g/mol. The number of hydrogen-bond acceptors (Lipinski definition) is 5. The largest absolute Gasteiger partial charge is 0.322 e. The van der Waals surface area contributed by atoms with Crippen molar-refractivity contribution in [1.29, 1.82) is 0 Å². The maximum atomic E-state index is 12.4. The van der Waals surface area contributed by atoms with Gasteiger partial charge >= 0.3 is 0 Å². The molecule has 2 rings (SSSR count). The van der Waals surface area contributed by atoms with Crippen LogP contribution in [-0.4, -0.2) is 35.3 Å². The molecule has 1 amide bonds. The first kappa shape index (κ1) is 20.2. The minimum absolute atomic E-state index is 0.0269. The van der Waals surface area contributed by atoms with Crippen LogP contribution in [0, 0.1) is 6.92 Å². The molecule has 0 aliphatic carbocycles. The van der Waals surface area contributed by atoms with E-state index in [2.05, 4.69) is 10.0 Å². The summed E-state index contributed by atoms with van der Waals surface area (Å²) >= 11 is 5.87. The summed E-state index contributed by atoms with van der Waals surface area (Å²) in [6.45, 7) is 1.72. The summed E-state index contributed by atoms with van der Waals surface area (Å²) in [5.41, 5.74) is 1.47. The molecule has 0 saturated carbocycles. The lowest BCUT2D eigenvalue weighted by Gasteiger charge is -2.12. The Labute approximate surface area is 157 Å². The fourth-order valence-electron chi connectivity index (χ4n) is 2.14. The third kappa shape index (κ3) is 5.20. The van der Waals surface area contributed by atoms with Gasteiger partial charge in [0, 0.05) is 17.5 Å². The van der Waals surface area contributed by atoms with E-state index in [9.17, 15) is 21.6 Å². The Kier molecular flexibility index (Phi) is 5.64. The van der Waals surface area contributed by atoms with Gasteiger partial charge in [0.05, 0.1) is 21.9 Å². The van der Waals surface area contributed by atoms with Crippen LogP contribution in [0.25, 0.3) is 0 Å². The van der Waals surface area contributed by atoms with E-state index in [1.807, 2.05) is 0 Å². The van der Waals surface area contributed by atoms with Gasteiger partial charge in [0.15, 0.2) is 9.84 Å². The molecule has 26 heavy (non-hydrogen) atoms. The SMILES string of the molecule is Cc1ccc(NC(=O)c2ccc(Cl)c(S(C)(=O)=O)c2)cc1NS(C)(=O)=O. The third-order valence-electron chi connectivity index (χ3n) is 3.38. The Morgan fingerprint density at radius 3 is 2.23 bits per heavy atom. The number of benzene rings is 2. The maximum Gasteiger partial charge on any atom is 0.255 e. The molecule has 2 aromatic carbocycles. The van der Waals surface area contributed by atoms with Crippen molar-refractivity contribution in [2.24, 2.45) is 0 Å². The molecule has 7 nitrogen and oxygen atoms in total. The molecule has 0 spiro atoms. The van der Waals surface area contributed by atoms with Crippen LogP contribution in [0.4, 0.5) is 11.4 Å². The predicted molar refractivity (Wildman–Crippen MR) is 102 cm³/mol. The predicted octanol–water partition coefficient (Wildman–Crippen LogP) is 2.68. The molecule has 0 aliphatic rings. The molecular formula is C16H17ClN2O5S2. The first-order valence-electron chi connectivity index (χ1n) is 7.26. The Morgan fingerprint density at radius 1 is 1.00 bits per heavy atom. The molecule has 0 bridgehead atoms. The van der Waals surface area contributed by atoms with Crippen molar-refractivity contribution < 1.29 is 21.6 Å². The molecule has 10 heteroatoms. The Morgan fingerprint density at radius 2 is 1.65 bits per heavy atom. The first-order chi connectivity index (χ1) is 11.9. The standard InChI is InChI=1S/C16H17ClN2O5S2/c1-10-4-6-12(9-14(10)19-26(3,23)24)18-16(20)11-5-7-13(17)15(8-11)25(2,21)22/h4-9,19H,1-3H3,(H,18,20). The van der Waals surface area contributed by atoms with Crippen molar-refractivity contribution >= 4 is 48.7 Å². The second-order valence-corrected chi connectivity index (χ2v) is 9.92. The molecule has 2 N–H and O–H groups in total. The lowest BCUT2D eigenvalue weighted by molar-refractivity contribution is 0.102. The molecule has 0 heterocycles. The Hall–Kier alpha value is -2.10. The number of rotatable bonds is 5. The lowest BCUT2D eigenvalue weighted by Crippen LogP contribution is -2.14. The molecule has 0 fully saturated rings. The normalized spacial score (nSPS) is 11.8. The van der Waals surface area contributed by atoms with Gasteiger partial charge < -0.3 is 5.32 Å². The monoisotopic (exact) mass is 416 g/mol. The van der Waals surface area contributed by atoms with Crippen molar-refractivity contribution in [3.8, 4) is 0 Å². The molecule has 0 saturated heterocycles. The van der Waals surface area contributed by atoms with E-state index in [-0.39, 0.29) is 15.5 Å². The highest BCUT2D eigenvalue weighted by atomic mass is 35.5. The Bertz CT molecular complexity index is 1080. The van der Waals surface area contributed by atoms with Crippen LogP contribution in [-0.2, 0) is 19.9 Å². The number of anilines is 2. The van der Waals surface area contributed by atoms with Gasteiger partial charge in [0.2, 0.25) is 10.0 Å². The molecule has 2 aromatic rings. The van der Waals surface area contributed by atoms with E-state index >= 15 is 0 Å². The minimum Gasteiger partial charge on any atom is -0.322 e. The van der Waals surface area contributed by atoms with E-state index in [1.165, 1.54) is 24.3 Å². The summed E-state index contributed by atoms with van der Waals surface area (Å²) in [6, 6.07) is 8.65. The lowest BCUT2D eigenvalue weighted by atomic mass is 10.1. The molecule has 0 atom stereocenters. The topological polar surface area (TPSA) is 109 Å². The quantitative estimate of drug-likeness (QED) is 0.778. The van der Waals surface area contributed by atoms with E-state index in [4.69, 9.17) is 11.6 Å². The summed E-state index contributed by atoms with van der Waals surface area (Å²) in [5, 5.41) is 2.62. The van der Waals surface area contributed by atoms with Gasteiger partial charge in [-0.15, -0.1) is 0 Å². The van der Waals surface area contributed by atoms with Crippen LogP contribution >= 0.6 is 11.6 Å². The zero-order chi connectivity index (χ0) is 19.7. The number of carbonyl (C=O) groups excluding carboxylic acids is 1. The molecule has 140 valence electrons. The number of sulfonamides is 1. The smallest absolute Gasteiger partial charge is 0.255 e. The van der Waals surface area contributed by atoms with E-state index in [0.29, 0.717) is 16.9 Å². The van der Waals surface area contributed by atoms with Gasteiger partial charge in [-0.05, 0) is 42.8 Å².